The number of rotatable bonds is 5. The smallest absolute Gasteiger partial charge is 0.335 e. The standard InChI is InChI=1S/C17H13ClN4O4S/c1-2-11-5-6-12(18)15(10-11)27(24,25)22-17(23)21-16-19-8-7-13(20-16)14-4-3-9-26-14/h2-10H,1H2,(H2,19,20,21,22,23). The van der Waals surface area contributed by atoms with E-state index in [4.69, 9.17) is 16.0 Å². The van der Waals surface area contributed by atoms with Gasteiger partial charge in [-0.05, 0) is 35.9 Å². The Hall–Kier alpha value is -3.17. The van der Waals surface area contributed by atoms with E-state index < -0.39 is 16.1 Å². The van der Waals surface area contributed by atoms with Gasteiger partial charge in [-0.3, -0.25) is 5.32 Å². The van der Waals surface area contributed by atoms with Crippen LogP contribution in [-0.2, 0) is 10.0 Å². The summed E-state index contributed by atoms with van der Waals surface area (Å²) in [6.07, 6.45) is 4.34. The van der Waals surface area contributed by atoms with Gasteiger partial charge in [0.05, 0.1) is 11.3 Å². The second kappa shape index (κ2) is 7.60. The lowest BCUT2D eigenvalue weighted by molar-refractivity contribution is 0.256. The first-order valence-electron chi connectivity index (χ1n) is 7.52. The molecule has 0 radical (unpaired) electrons. The first kappa shape index (κ1) is 18.6. The van der Waals surface area contributed by atoms with Crippen molar-refractivity contribution in [3.8, 4) is 11.5 Å². The number of aromatic nitrogens is 2. The number of hydrogen-bond acceptors (Lipinski definition) is 6. The number of carbonyl (C=O) groups is 1. The summed E-state index contributed by atoms with van der Waals surface area (Å²) in [5, 5.41) is 2.23. The number of hydrogen-bond donors (Lipinski definition) is 2. The Morgan fingerprint density at radius 2 is 2.07 bits per heavy atom. The molecule has 2 heterocycles. The van der Waals surface area contributed by atoms with Gasteiger partial charge in [0, 0.05) is 6.20 Å². The van der Waals surface area contributed by atoms with Crippen molar-refractivity contribution in [1.82, 2.24) is 14.7 Å². The van der Waals surface area contributed by atoms with E-state index in [1.165, 1.54) is 30.7 Å². The minimum atomic E-state index is -4.21. The van der Waals surface area contributed by atoms with Crippen molar-refractivity contribution in [2.75, 3.05) is 5.32 Å². The number of nitrogens with one attached hydrogen (secondary N) is 2. The molecule has 0 aliphatic heterocycles. The number of nitrogens with zero attached hydrogens (tertiary/aromatic N) is 2. The molecule has 10 heteroatoms. The Morgan fingerprint density at radius 3 is 2.78 bits per heavy atom. The lowest BCUT2D eigenvalue weighted by atomic mass is 10.2. The van der Waals surface area contributed by atoms with E-state index in [0.29, 0.717) is 17.0 Å². The fraction of sp³-hybridized carbons (Fsp3) is 0. The highest BCUT2D eigenvalue weighted by atomic mass is 35.5. The molecule has 0 saturated carbocycles. The number of anilines is 1. The molecule has 138 valence electrons. The van der Waals surface area contributed by atoms with Crippen molar-refractivity contribution >= 4 is 39.7 Å². The third-order valence-corrected chi connectivity index (χ3v) is 5.17. The number of halogens is 1. The largest absolute Gasteiger partial charge is 0.463 e. The second-order valence-electron chi connectivity index (χ2n) is 5.20. The summed E-state index contributed by atoms with van der Waals surface area (Å²) in [6.45, 7) is 3.57. The molecule has 2 N–H and O–H groups in total. The van der Waals surface area contributed by atoms with Crippen molar-refractivity contribution in [3.63, 3.8) is 0 Å². The maximum absolute atomic E-state index is 12.4. The average Bonchev–Trinajstić information content (AvgIpc) is 3.16. The van der Waals surface area contributed by atoms with Crippen molar-refractivity contribution in [1.29, 1.82) is 0 Å². The Morgan fingerprint density at radius 1 is 1.26 bits per heavy atom. The Kier molecular flexibility index (Phi) is 5.24. The number of benzene rings is 1. The van der Waals surface area contributed by atoms with Gasteiger partial charge in [-0.1, -0.05) is 30.3 Å². The molecule has 0 aliphatic carbocycles. The summed E-state index contributed by atoms with van der Waals surface area (Å²) in [5.74, 6) is 0.379. The quantitative estimate of drug-likeness (QED) is 0.672. The van der Waals surface area contributed by atoms with Crippen molar-refractivity contribution in [2.24, 2.45) is 0 Å². The highest BCUT2D eigenvalue weighted by molar-refractivity contribution is 7.90. The predicted octanol–water partition coefficient (Wildman–Crippen LogP) is 3.54. The van der Waals surface area contributed by atoms with E-state index >= 15 is 0 Å². The summed E-state index contributed by atoms with van der Waals surface area (Å²) in [7, 11) is -4.21. The molecular weight excluding hydrogens is 392 g/mol. The number of sulfonamides is 1. The molecule has 2 amide bonds. The van der Waals surface area contributed by atoms with Crippen LogP contribution in [-0.4, -0.2) is 24.4 Å². The van der Waals surface area contributed by atoms with Crippen LogP contribution in [0.3, 0.4) is 0 Å². The summed E-state index contributed by atoms with van der Waals surface area (Å²) in [4.78, 5) is 19.8. The van der Waals surface area contributed by atoms with Crippen molar-refractivity contribution in [3.05, 3.63) is 66.0 Å². The maximum atomic E-state index is 12.4. The van der Waals surface area contributed by atoms with Crippen LogP contribution >= 0.6 is 11.6 Å². The Bertz CT molecular complexity index is 1100. The van der Waals surface area contributed by atoms with Gasteiger partial charge in [0.1, 0.15) is 10.6 Å². The lowest BCUT2D eigenvalue weighted by Gasteiger charge is -2.10. The van der Waals surface area contributed by atoms with E-state index in [-0.39, 0.29) is 15.9 Å². The van der Waals surface area contributed by atoms with E-state index in [1.54, 1.807) is 24.3 Å². The van der Waals surface area contributed by atoms with Crippen LogP contribution in [0.5, 0.6) is 0 Å². The Balaban J connectivity index is 1.78. The molecule has 0 unspecified atom stereocenters. The van der Waals surface area contributed by atoms with Gasteiger partial charge in [-0.2, -0.15) is 0 Å². The van der Waals surface area contributed by atoms with Crippen molar-refractivity contribution < 1.29 is 17.6 Å². The van der Waals surface area contributed by atoms with Crippen LogP contribution in [0.4, 0.5) is 10.7 Å². The fourth-order valence-corrected chi connectivity index (χ4v) is 3.58. The van der Waals surface area contributed by atoms with Gasteiger partial charge in [0.25, 0.3) is 10.0 Å². The van der Waals surface area contributed by atoms with Crippen molar-refractivity contribution in [2.45, 2.75) is 4.90 Å². The molecule has 1 aromatic carbocycles. The third kappa shape index (κ3) is 4.33. The minimum Gasteiger partial charge on any atom is -0.463 e. The molecule has 3 rings (SSSR count). The first-order valence-corrected chi connectivity index (χ1v) is 9.38. The molecule has 0 fully saturated rings. The van der Waals surface area contributed by atoms with Crippen LogP contribution in [0, 0.1) is 0 Å². The molecule has 0 saturated heterocycles. The van der Waals surface area contributed by atoms with Gasteiger partial charge < -0.3 is 4.42 Å². The van der Waals surface area contributed by atoms with E-state index in [2.05, 4.69) is 21.9 Å². The number of urea groups is 1. The SMILES string of the molecule is C=Cc1ccc(Cl)c(S(=O)(=O)NC(=O)Nc2nccc(-c3ccco3)n2)c1. The van der Waals surface area contributed by atoms with E-state index in [9.17, 15) is 13.2 Å². The topological polar surface area (TPSA) is 114 Å². The Labute approximate surface area is 160 Å². The normalized spacial score (nSPS) is 11.0. The van der Waals surface area contributed by atoms with Gasteiger partial charge in [-0.15, -0.1) is 0 Å². The van der Waals surface area contributed by atoms with Crippen LogP contribution < -0.4 is 10.0 Å². The molecule has 27 heavy (non-hydrogen) atoms. The van der Waals surface area contributed by atoms with Crippen LogP contribution in [0.15, 0.2) is 64.7 Å². The molecule has 8 nitrogen and oxygen atoms in total. The summed E-state index contributed by atoms with van der Waals surface area (Å²) in [5.41, 5.74) is 0.963. The molecule has 0 spiro atoms. The summed E-state index contributed by atoms with van der Waals surface area (Å²) in [6, 6.07) is 8.23. The number of furan rings is 1. The molecule has 3 aromatic rings. The minimum absolute atomic E-state index is 0.0306. The van der Waals surface area contributed by atoms with Gasteiger partial charge in [-0.25, -0.2) is 27.9 Å². The fourth-order valence-electron chi connectivity index (χ4n) is 2.14. The maximum Gasteiger partial charge on any atom is 0.335 e. The zero-order chi connectivity index (χ0) is 19.4. The summed E-state index contributed by atoms with van der Waals surface area (Å²) >= 11 is 5.94. The zero-order valence-corrected chi connectivity index (χ0v) is 15.3. The van der Waals surface area contributed by atoms with Gasteiger partial charge in [0.15, 0.2) is 5.76 Å². The summed E-state index contributed by atoms with van der Waals surface area (Å²) < 4.78 is 31.9. The molecule has 0 atom stereocenters. The van der Waals surface area contributed by atoms with Crippen LogP contribution in [0.1, 0.15) is 5.56 Å². The predicted molar refractivity (Wildman–Crippen MR) is 101 cm³/mol. The van der Waals surface area contributed by atoms with Crippen LogP contribution in [0.2, 0.25) is 5.02 Å². The van der Waals surface area contributed by atoms with Gasteiger partial charge >= 0.3 is 6.03 Å². The van der Waals surface area contributed by atoms with E-state index in [0.717, 1.165) is 0 Å². The van der Waals surface area contributed by atoms with Crippen LogP contribution in [0.25, 0.3) is 17.5 Å². The second-order valence-corrected chi connectivity index (χ2v) is 7.25. The van der Waals surface area contributed by atoms with Gasteiger partial charge in [0.2, 0.25) is 5.95 Å². The van der Waals surface area contributed by atoms with E-state index in [1.807, 2.05) is 4.72 Å². The molecule has 2 aromatic heterocycles. The molecular formula is C17H13ClN4O4S. The number of carbonyl (C=O) groups excluding carboxylic acids is 1. The zero-order valence-electron chi connectivity index (χ0n) is 13.7. The first-order chi connectivity index (χ1) is 12.9. The highest BCUT2D eigenvalue weighted by Gasteiger charge is 2.21. The molecule has 0 aliphatic rings. The average molecular weight is 405 g/mol. The third-order valence-electron chi connectivity index (χ3n) is 3.36. The monoisotopic (exact) mass is 404 g/mol. The highest BCUT2D eigenvalue weighted by Crippen LogP contribution is 2.23. The number of amides is 2. The lowest BCUT2D eigenvalue weighted by Crippen LogP contribution is -2.35. The molecule has 0 bridgehead atoms.